The molecule has 6 heteroatoms. The number of benzene rings is 2. The van der Waals surface area contributed by atoms with E-state index in [9.17, 15) is 4.79 Å². The molecular weight excluding hydrogens is 346 g/mol. The van der Waals surface area contributed by atoms with Gasteiger partial charge in [0.2, 0.25) is 0 Å². The molecule has 2 amide bonds. The summed E-state index contributed by atoms with van der Waals surface area (Å²) in [7, 11) is 0. The van der Waals surface area contributed by atoms with Gasteiger partial charge in [0.25, 0.3) is 0 Å². The summed E-state index contributed by atoms with van der Waals surface area (Å²) in [5, 5.41) is 6.95. The average Bonchev–Trinajstić information content (AvgIpc) is 3.06. The van der Waals surface area contributed by atoms with Gasteiger partial charge in [-0.3, -0.25) is 0 Å². The van der Waals surface area contributed by atoms with Gasteiger partial charge in [0.1, 0.15) is 5.01 Å². The van der Waals surface area contributed by atoms with Gasteiger partial charge < -0.3 is 15.4 Å². The zero-order valence-corrected chi connectivity index (χ0v) is 15.4. The first-order valence-corrected chi connectivity index (χ1v) is 9.65. The highest BCUT2D eigenvalue weighted by molar-refractivity contribution is 7.21. The van der Waals surface area contributed by atoms with Gasteiger partial charge in [-0.05, 0) is 44.0 Å². The lowest BCUT2D eigenvalue weighted by Gasteiger charge is -2.28. The van der Waals surface area contributed by atoms with E-state index in [-0.39, 0.29) is 18.2 Å². The zero-order chi connectivity index (χ0) is 17.9. The van der Waals surface area contributed by atoms with Gasteiger partial charge in [-0.1, -0.05) is 24.3 Å². The SMILES string of the molecule is C[C@H]1C[C@H](NC(=O)Nc2ccccc2-c2nc3ccccc3s2)CCO1. The molecule has 2 heterocycles. The van der Waals surface area contributed by atoms with Crippen LogP contribution in [0.3, 0.4) is 0 Å². The van der Waals surface area contributed by atoms with Crippen LogP contribution >= 0.6 is 11.3 Å². The highest BCUT2D eigenvalue weighted by Crippen LogP contribution is 2.34. The minimum absolute atomic E-state index is 0.147. The molecule has 3 aromatic rings. The van der Waals surface area contributed by atoms with Crippen LogP contribution in [-0.4, -0.2) is 29.8 Å². The maximum absolute atomic E-state index is 12.5. The molecule has 5 nitrogen and oxygen atoms in total. The first-order valence-electron chi connectivity index (χ1n) is 8.83. The van der Waals surface area contributed by atoms with Crippen molar-refractivity contribution in [3.63, 3.8) is 0 Å². The summed E-state index contributed by atoms with van der Waals surface area (Å²) < 4.78 is 6.67. The molecule has 1 aliphatic heterocycles. The quantitative estimate of drug-likeness (QED) is 0.708. The van der Waals surface area contributed by atoms with E-state index < -0.39 is 0 Å². The second kappa shape index (κ2) is 7.43. The Labute approximate surface area is 156 Å². The molecule has 0 spiro atoms. The molecule has 1 aromatic heterocycles. The van der Waals surface area contributed by atoms with Crippen molar-refractivity contribution in [1.29, 1.82) is 0 Å². The van der Waals surface area contributed by atoms with Crippen LogP contribution in [0.5, 0.6) is 0 Å². The first kappa shape index (κ1) is 17.0. The molecule has 0 aliphatic carbocycles. The normalized spacial score (nSPS) is 20.0. The molecule has 0 saturated carbocycles. The van der Waals surface area contributed by atoms with Crippen LogP contribution in [0.4, 0.5) is 10.5 Å². The van der Waals surface area contributed by atoms with Crippen molar-refractivity contribution in [2.45, 2.75) is 31.9 Å². The van der Waals surface area contributed by atoms with Crippen molar-refractivity contribution < 1.29 is 9.53 Å². The summed E-state index contributed by atoms with van der Waals surface area (Å²) in [5.41, 5.74) is 2.68. The molecule has 1 fully saturated rings. The number of thiazole rings is 1. The smallest absolute Gasteiger partial charge is 0.319 e. The number of carbonyl (C=O) groups is 1. The Morgan fingerprint density at radius 3 is 2.85 bits per heavy atom. The number of aromatic nitrogens is 1. The highest BCUT2D eigenvalue weighted by atomic mass is 32.1. The molecule has 0 unspecified atom stereocenters. The fraction of sp³-hybridized carbons (Fsp3) is 0.300. The Hall–Kier alpha value is -2.44. The van der Waals surface area contributed by atoms with Crippen molar-refractivity contribution in [3.8, 4) is 10.6 Å². The van der Waals surface area contributed by atoms with Gasteiger partial charge in [0, 0.05) is 18.2 Å². The van der Waals surface area contributed by atoms with E-state index in [0.29, 0.717) is 6.61 Å². The molecule has 0 bridgehead atoms. The molecule has 0 radical (unpaired) electrons. The molecule has 2 aromatic carbocycles. The predicted molar refractivity (Wildman–Crippen MR) is 106 cm³/mol. The van der Waals surface area contributed by atoms with Crippen LogP contribution in [0.1, 0.15) is 19.8 Å². The van der Waals surface area contributed by atoms with Crippen LogP contribution < -0.4 is 10.6 Å². The van der Waals surface area contributed by atoms with Crippen molar-refractivity contribution in [1.82, 2.24) is 10.3 Å². The van der Waals surface area contributed by atoms with Gasteiger partial charge in [-0.15, -0.1) is 11.3 Å². The van der Waals surface area contributed by atoms with Gasteiger partial charge in [-0.2, -0.15) is 0 Å². The third kappa shape index (κ3) is 3.71. The molecule has 26 heavy (non-hydrogen) atoms. The second-order valence-corrected chi connectivity index (χ2v) is 7.56. The monoisotopic (exact) mass is 367 g/mol. The van der Waals surface area contributed by atoms with Crippen LogP contribution in [0, 0.1) is 0 Å². The van der Waals surface area contributed by atoms with E-state index >= 15 is 0 Å². The Morgan fingerprint density at radius 2 is 2.00 bits per heavy atom. The number of nitrogens with one attached hydrogen (secondary N) is 2. The molecule has 4 rings (SSSR count). The number of amides is 2. The average molecular weight is 367 g/mol. The van der Waals surface area contributed by atoms with E-state index in [0.717, 1.165) is 39.3 Å². The number of rotatable bonds is 3. The summed E-state index contributed by atoms with van der Waals surface area (Å²) in [6.07, 6.45) is 1.87. The van der Waals surface area contributed by atoms with Gasteiger partial charge in [-0.25, -0.2) is 9.78 Å². The zero-order valence-electron chi connectivity index (χ0n) is 14.6. The molecular formula is C20H21N3O2S. The van der Waals surface area contributed by atoms with Crippen LogP contribution in [0.15, 0.2) is 48.5 Å². The third-order valence-corrected chi connectivity index (χ3v) is 5.59. The fourth-order valence-electron chi connectivity index (χ4n) is 3.24. The summed E-state index contributed by atoms with van der Waals surface area (Å²) in [6, 6.07) is 15.8. The van der Waals surface area contributed by atoms with Gasteiger partial charge >= 0.3 is 6.03 Å². The lowest BCUT2D eigenvalue weighted by atomic mass is 10.0. The molecule has 1 saturated heterocycles. The molecule has 1 aliphatic rings. The Kier molecular flexibility index (Phi) is 4.86. The lowest BCUT2D eigenvalue weighted by molar-refractivity contribution is 0.0157. The topological polar surface area (TPSA) is 63.2 Å². The fourth-order valence-corrected chi connectivity index (χ4v) is 4.24. The van der Waals surface area contributed by atoms with Crippen molar-refractivity contribution >= 4 is 33.3 Å². The van der Waals surface area contributed by atoms with E-state index in [2.05, 4.69) is 16.7 Å². The summed E-state index contributed by atoms with van der Waals surface area (Å²) in [4.78, 5) is 17.2. The number of hydrogen-bond acceptors (Lipinski definition) is 4. The number of anilines is 1. The lowest BCUT2D eigenvalue weighted by Crippen LogP contribution is -2.43. The summed E-state index contributed by atoms with van der Waals surface area (Å²) in [6.45, 7) is 2.72. The standard InChI is InChI=1S/C20H21N3O2S/c1-13-12-14(10-11-25-13)21-20(24)23-16-7-3-2-6-15(16)19-22-17-8-4-5-9-18(17)26-19/h2-9,13-14H,10-12H2,1H3,(H2,21,23,24)/t13-,14+/m0/s1. The second-order valence-electron chi connectivity index (χ2n) is 6.53. The maximum atomic E-state index is 12.5. The Balaban J connectivity index is 1.53. The molecule has 2 atom stereocenters. The van der Waals surface area contributed by atoms with E-state index in [1.807, 2.05) is 49.4 Å². The number of urea groups is 1. The Bertz CT molecular complexity index is 891. The van der Waals surface area contributed by atoms with Gasteiger partial charge in [0.05, 0.1) is 22.0 Å². The number of para-hydroxylation sites is 2. The van der Waals surface area contributed by atoms with E-state index in [1.165, 1.54) is 0 Å². The highest BCUT2D eigenvalue weighted by Gasteiger charge is 2.21. The van der Waals surface area contributed by atoms with Crippen LogP contribution in [0.25, 0.3) is 20.8 Å². The summed E-state index contributed by atoms with van der Waals surface area (Å²) >= 11 is 1.63. The van der Waals surface area contributed by atoms with Crippen molar-refractivity contribution in [3.05, 3.63) is 48.5 Å². The maximum Gasteiger partial charge on any atom is 0.319 e. The van der Waals surface area contributed by atoms with Crippen molar-refractivity contribution in [2.24, 2.45) is 0 Å². The predicted octanol–water partition coefficient (Wildman–Crippen LogP) is 4.65. The van der Waals surface area contributed by atoms with Crippen LogP contribution in [-0.2, 0) is 4.74 Å². The minimum Gasteiger partial charge on any atom is -0.378 e. The summed E-state index contributed by atoms with van der Waals surface area (Å²) in [5.74, 6) is 0. The number of nitrogens with zero attached hydrogens (tertiary/aromatic N) is 1. The molecule has 2 N–H and O–H groups in total. The van der Waals surface area contributed by atoms with E-state index in [1.54, 1.807) is 11.3 Å². The Morgan fingerprint density at radius 1 is 1.19 bits per heavy atom. The van der Waals surface area contributed by atoms with Crippen LogP contribution in [0.2, 0.25) is 0 Å². The largest absolute Gasteiger partial charge is 0.378 e. The minimum atomic E-state index is -0.183. The number of ether oxygens (including phenoxy) is 1. The third-order valence-electron chi connectivity index (χ3n) is 4.52. The number of hydrogen-bond donors (Lipinski definition) is 2. The number of carbonyl (C=O) groups excluding carboxylic acids is 1. The number of fused-ring (bicyclic) bond motifs is 1. The van der Waals surface area contributed by atoms with Gasteiger partial charge in [0.15, 0.2) is 0 Å². The van der Waals surface area contributed by atoms with Crippen molar-refractivity contribution in [2.75, 3.05) is 11.9 Å². The first-order chi connectivity index (χ1) is 12.7. The van der Waals surface area contributed by atoms with E-state index in [4.69, 9.17) is 9.72 Å². The molecule has 134 valence electrons.